The van der Waals surface area contributed by atoms with Gasteiger partial charge in [0.1, 0.15) is 11.5 Å². The number of anilines is 1. The van der Waals surface area contributed by atoms with Crippen LogP contribution in [-0.2, 0) is 5.41 Å². The van der Waals surface area contributed by atoms with Crippen LogP contribution >= 0.6 is 0 Å². The van der Waals surface area contributed by atoms with E-state index in [9.17, 15) is 0 Å². The third kappa shape index (κ3) is 4.37. The summed E-state index contributed by atoms with van der Waals surface area (Å²) in [5.41, 5.74) is 5.31. The molecule has 7 heteroatoms. The highest BCUT2D eigenvalue weighted by atomic mass is 15.2. The Kier molecular flexibility index (Phi) is 6.51. The Morgan fingerprint density at radius 3 is 2.61 bits per heavy atom. The van der Waals surface area contributed by atoms with Crippen LogP contribution < -0.4 is 10.2 Å². The molecular weight excluding hydrogens is 446 g/mol. The molecule has 0 bridgehead atoms. The van der Waals surface area contributed by atoms with E-state index in [1.54, 1.807) is 0 Å². The number of pyridine rings is 2. The average Bonchev–Trinajstić information content (AvgIpc) is 3.29. The van der Waals surface area contributed by atoms with Crippen LogP contribution in [0.25, 0.3) is 33.3 Å². The van der Waals surface area contributed by atoms with Crippen molar-refractivity contribution in [2.24, 2.45) is 0 Å². The molecule has 2 N–H and O–H groups in total. The Morgan fingerprint density at radius 1 is 1.11 bits per heavy atom. The van der Waals surface area contributed by atoms with Crippen molar-refractivity contribution in [2.45, 2.75) is 64.3 Å². The van der Waals surface area contributed by atoms with E-state index >= 15 is 0 Å². The quantitative estimate of drug-likeness (QED) is 0.362. The Labute approximate surface area is 213 Å². The van der Waals surface area contributed by atoms with Gasteiger partial charge in [-0.15, -0.1) is 13.2 Å². The normalized spacial score (nSPS) is 18.7. The summed E-state index contributed by atoms with van der Waals surface area (Å²) in [6.45, 7) is 17.7. The number of H-pyrrole nitrogens is 1. The molecule has 2 aliphatic rings. The first-order valence-corrected chi connectivity index (χ1v) is 13.0. The number of piperazine rings is 1. The lowest BCUT2D eigenvalue weighted by molar-refractivity contribution is 0.421. The first-order valence-electron chi connectivity index (χ1n) is 13.0. The Balaban J connectivity index is 0.00000130. The highest BCUT2D eigenvalue weighted by Gasteiger charge is 2.28. The lowest BCUT2D eigenvalue weighted by atomic mass is 9.79. The van der Waals surface area contributed by atoms with Gasteiger partial charge in [-0.2, -0.15) is 0 Å². The van der Waals surface area contributed by atoms with E-state index < -0.39 is 0 Å². The molecule has 36 heavy (non-hydrogen) atoms. The number of aromatic nitrogens is 5. The SMILES string of the molecule is C=C.CC1CN(c2nc(-c3ccnc4[nH]c(C(C)(C)C)cc34)nc3cncc(C4CCC4)c23)CCN1. The summed E-state index contributed by atoms with van der Waals surface area (Å²) >= 11 is 0. The highest BCUT2D eigenvalue weighted by molar-refractivity contribution is 5.97. The molecule has 0 radical (unpaired) electrons. The molecular formula is C29H37N7. The van der Waals surface area contributed by atoms with Crippen molar-refractivity contribution < 1.29 is 0 Å². The van der Waals surface area contributed by atoms with Gasteiger partial charge in [0.25, 0.3) is 0 Å². The van der Waals surface area contributed by atoms with E-state index in [4.69, 9.17) is 9.97 Å². The average molecular weight is 484 g/mol. The molecule has 1 saturated carbocycles. The summed E-state index contributed by atoms with van der Waals surface area (Å²) in [5.74, 6) is 2.36. The molecule has 188 valence electrons. The monoisotopic (exact) mass is 483 g/mol. The molecule has 0 spiro atoms. The van der Waals surface area contributed by atoms with Crippen LogP contribution in [0.15, 0.2) is 43.9 Å². The van der Waals surface area contributed by atoms with Crippen molar-refractivity contribution in [1.29, 1.82) is 0 Å². The van der Waals surface area contributed by atoms with Crippen molar-refractivity contribution in [3.05, 3.63) is 55.1 Å². The third-order valence-electron chi connectivity index (χ3n) is 7.41. The standard InChI is InChI=1S/C27H33N7.C2H4/c1-16-15-34(11-10-29-16)26-23-20(17-6-5-7-17)13-28-14-21(23)31-25(33-26)18-8-9-30-24-19(18)12-22(32-24)27(2,3)4;1-2/h8-9,12-14,16-17,29H,5-7,10-11,15H2,1-4H3,(H,30,32);1-2H2. The van der Waals surface area contributed by atoms with Crippen molar-refractivity contribution in [1.82, 2.24) is 30.2 Å². The van der Waals surface area contributed by atoms with Gasteiger partial charge >= 0.3 is 0 Å². The second-order valence-corrected chi connectivity index (χ2v) is 11.0. The van der Waals surface area contributed by atoms with Crippen LogP contribution in [0.2, 0.25) is 0 Å². The van der Waals surface area contributed by atoms with E-state index in [1.165, 1.54) is 30.2 Å². The molecule has 1 atom stereocenters. The number of hydrogen-bond donors (Lipinski definition) is 2. The fourth-order valence-corrected chi connectivity index (χ4v) is 5.22. The summed E-state index contributed by atoms with van der Waals surface area (Å²) in [6.07, 6.45) is 9.56. The molecule has 1 unspecified atom stereocenters. The van der Waals surface area contributed by atoms with Gasteiger partial charge in [-0.1, -0.05) is 27.2 Å². The maximum Gasteiger partial charge on any atom is 0.163 e. The molecule has 2 fully saturated rings. The second-order valence-electron chi connectivity index (χ2n) is 11.0. The zero-order valence-electron chi connectivity index (χ0n) is 21.9. The van der Waals surface area contributed by atoms with Crippen molar-refractivity contribution in [2.75, 3.05) is 24.5 Å². The number of fused-ring (bicyclic) bond motifs is 2. The zero-order chi connectivity index (χ0) is 25.4. The summed E-state index contributed by atoms with van der Waals surface area (Å²) in [7, 11) is 0. The van der Waals surface area contributed by atoms with E-state index in [-0.39, 0.29) is 5.41 Å². The number of rotatable bonds is 3. The van der Waals surface area contributed by atoms with E-state index in [1.807, 2.05) is 18.5 Å². The number of aromatic amines is 1. The molecule has 4 aromatic heterocycles. The summed E-state index contributed by atoms with van der Waals surface area (Å²) in [5, 5.41) is 5.82. The van der Waals surface area contributed by atoms with Crippen LogP contribution in [0.5, 0.6) is 0 Å². The number of hydrogen-bond acceptors (Lipinski definition) is 6. The highest BCUT2D eigenvalue weighted by Crippen LogP contribution is 2.42. The van der Waals surface area contributed by atoms with Crippen LogP contribution in [0.3, 0.4) is 0 Å². The van der Waals surface area contributed by atoms with Crippen LogP contribution in [0.4, 0.5) is 5.82 Å². The summed E-state index contributed by atoms with van der Waals surface area (Å²) in [6, 6.07) is 4.67. The number of nitrogens with one attached hydrogen (secondary N) is 2. The zero-order valence-corrected chi connectivity index (χ0v) is 21.9. The largest absolute Gasteiger partial charge is 0.353 e. The summed E-state index contributed by atoms with van der Waals surface area (Å²) in [4.78, 5) is 25.5. The predicted molar refractivity (Wildman–Crippen MR) is 149 cm³/mol. The van der Waals surface area contributed by atoms with E-state index in [0.717, 1.165) is 59.1 Å². The molecule has 0 aromatic carbocycles. The van der Waals surface area contributed by atoms with Gasteiger partial charge in [0.05, 0.1) is 11.7 Å². The maximum atomic E-state index is 5.27. The topological polar surface area (TPSA) is 82.6 Å². The Hall–Kier alpha value is -3.32. The molecule has 1 aliphatic heterocycles. The van der Waals surface area contributed by atoms with E-state index in [2.05, 4.69) is 78.3 Å². The lowest BCUT2D eigenvalue weighted by Crippen LogP contribution is -2.49. The Morgan fingerprint density at radius 2 is 1.92 bits per heavy atom. The second kappa shape index (κ2) is 9.62. The fraction of sp³-hybridized carbons (Fsp3) is 0.448. The van der Waals surface area contributed by atoms with Crippen molar-refractivity contribution in [3.8, 4) is 11.4 Å². The maximum absolute atomic E-state index is 5.27. The first-order chi connectivity index (χ1) is 17.4. The predicted octanol–water partition coefficient (Wildman–Crippen LogP) is 5.73. The lowest BCUT2D eigenvalue weighted by Gasteiger charge is -2.35. The molecule has 4 aromatic rings. The third-order valence-corrected chi connectivity index (χ3v) is 7.41. The van der Waals surface area contributed by atoms with E-state index in [0.29, 0.717) is 12.0 Å². The minimum absolute atomic E-state index is 0.00586. The van der Waals surface area contributed by atoms with Gasteiger partial charge in [-0.25, -0.2) is 15.0 Å². The minimum atomic E-state index is 0.00586. The van der Waals surface area contributed by atoms with Gasteiger partial charge < -0.3 is 15.2 Å². The van der Waals surface area contributed by atoms with Gasteiger partial charge in [-0.3, -0.25) is 4.98 Å². The first kappa shape index (κ1) is 24.4. The minimum Gasteiger partial charge on any atom is -0.353 e. The molecule has 1 saturated heterocycles. The van der Waals surface area contributed by atoms with Crippen molar-refractivity contribution in [3.63, 3.8) is 0 Å². The van der Waals surface area contributed by atoms with Gasteiger partial charge in [0.2, 0.25) is 0 Å². The fourth-order valence-electron chi connectivity index (χ4n) is 5.22. The number of nitrogens with zero attached hydrogens (tertiary/aromatic N) is 5. The van der Waals surface area contributed by atoms with Gasteiger partial charge in [0.15, 0.2) is 5.82 Å². The molecule has 7 nitrogen and oxygen atoms in total. The van der Waals surface area contributed by atoms with Crippen LogP contribution in [0, 0.1) is 0 Å². The molecule has 5 heterocycles. The molecule has 1 aliphatic carbocycles. The van der Waals surface area contributed by atoms with Crippen LogP contribution in [0.1, 0.15) is 64.1 Å². The van der Waals surface area contributed by atoms with Crippen LogP contribution in [-0.4, -0.2) is 50.6 Å². The van der Waals surface area contributed by atoms with Gasteiger partial charge in [-0.05, 0) is 43.4 Å². The molecule has 0 amide bonds. The summed E-state index contributed by atoms with van der Waals surface area (Å²) < 4.78 is 0. The molecule has 6 rings (SSSR count). The Bertz CT molecular complexity index is 1380. The van der Waals surface area contributed by atoms with Gasteiger partial charge in [0, 0.05) is 65.5 Å². The van der Waals surface area contributed by atoms with Crippen molar-refractivity contribution >= 4 is 27.8 Å². The smallest absolute Gasteiger partial charge is 0.163 e.